The van der Waals surface area contributed by atoms with Gasteiger partial charge in [-0.3, -0.25) is 13.9 Å². The van der Waals surface area contributed by atoms with Crippen LogP contribution >= 0.6 is 23.2 Å². The maximum atomic E-state index is 13.8. The van der Waals surface area contributed by atoms with Gasteiger partial charge in [0.15, 0.2) is 0 Å². The second-order valence-corrected chi connectivity index (χ2v) is 11.7. The van der Waals surface area contributed by atoms with Crippen molar-refractivity contribution in [2.24, 2.45) is 0 Å². The maximum absolute atomic E-state index is 13.8. The number of aryl methyl sites for hydroxylation is 1. The number of amides is 2. The summed E-state index contributed by atoms with van der Waals surface area (Å²) in [4.78, 5) is 28.1. The SMILES string of the molecule is CCCNC(=O)C(C)N(Cc1cccc(C)c1)C(=O)CN(c1cccc(Cl)c1)S(=O)(=O)c1ccc(Cl)cc1. The summed E-state index contributed by atoms with van der Waals surface area (Å²) in [5.41, 5.74) is 2.05. The molecule has 10 heteroatoms. The molecule has 0 aromatic heterocycles. The highest BCUT2D eigenvalue weighted by Crippen LogP contribution is 2.27. The number of nitrogens with one attached hydrogen (secondary N) is 1. The average Bonchev–Trinajstić information content (AvgIpc) is 2.88. The molecule has 1 N–H and O–H groups in total. The molecule has 0 aliphatic rings. The van der Waals surface area contributed by atoms with Crippen LogP contribution in [0.5, 0.6) is 0 Å². The fourth-order valence-corrected chi connectivity index (χ4v) is 5.60. The number of sulfonamides is 1. The van der Waals surface area contributed by atoms with Crippen LogP contribution in [0.3, 0.4) is 0 Å². The molecular weight excluding hydrogens is 545 g/mol. The van der Waals surface area contributed by atoms with E-state index in [9.17, 15) is 18.0 Å². The van der Waals surface area contributed by atoms with Gasteiger partial charge in [-0.15, -0.1) is 0 Å². The molecule has 0 radical (unpaired) electrons. The highest BCUT2D eigenvalue weighted by atomic mass is 35.5. The molecule has 0 fully saturated rings. The van der Waals surface area contributed by atoms with Gasteiger partial charge in [0, 0.05) is 23.1 Å². The number of hydrogen-bond acceptors (Lipinski definition) is 4. The molecule has 3 rings (SSSR count). The molecule has 0 spiro atoms. The second kappa shape index (κ2) is 13.1. The first-order valence-electron chi connectivity index (χ1n) is 12.2. The molecule has 0 saturated heterocycles. The Kier molecular flexibility index (Phi) is 10.2. The molecular formula is C28H31Cl2N3O4S. The van der Waals surface area contributed by atoms with Crippen molar-refractivity contribution in [3.8, 4) is 0 Å². The topological polar surface area (TPSA) is 86.8 Å². The summed E-state index contributed by atoms with van der Waals surface area (Å²) in [6.07, 6.45) is 0.742. The van der Waals surface area contributed by atoms with E-state index in [0.717, 1.165) is 21.9 Å². The molecule has 202 valence electrons. The minimum Gasteiger partial charge on any atom is -0.354 e. The summed E-state index contributed by atoms with van der Waals surface area (Å²) < 4.78 is 28.5. The second-order valence-electron chi connectivity index (χ2n) is 8.92. The van der Waals surface area contributed by atoms with Crippen molar-refractivity contribution in [1.29, 1.82) is 0 Å². The number of nitrogens with zero attached hydrogens (tertiary/aromatic N) is 2. The lowest BCUT2D eigenvalue weighted by atomic mass is 10.1. The van der Waals surface area contributed by atoms with E-state index in [4.69, 9.17) is 23.2 Å². The average molecular weight is 577 g/mol. The minimum atomic E-state index is -4.19. The number of carbonyl (C=O) groups is 2. The first-order chi connectivity index (χ1) is 18.0. The fourth-order valence-electron chi connectivity index (χ4n) is 3.88. The number of benzene rings is 3. The summed E-state index contributed by atoms with van der Waals surface area (Å²) in [5, 5.41) is 3.52. The van der Waals surface area contributed by atoms with Gasteiger partial charge >= 0.3 is 0 Å². The first-order valence-corrected chi connectivity index (χ1v) is 14.4. The predicted octanol–water partition coefficient (Wildman–Crippen LogP) is 5.44. The van der Waals surface area contributed by atoms with E-state index >= 15 is 0 Å². The monoisotopic (exact) mass is 575 g/mol. The molecule has 1 unspecified atom stereocenters. The molecule has 0 saturated carbocycles. The molecule has 0 heterocycles. The third-order valence-electron chi connectivity index (χ3n) is 5.93. The van der Waals surface area contributed by atoms with E-state index in [2.05, 4.69) is 5.32 Å². The maximum Gasteiger partial charge on any atom is 0.264 e. The Balaban J connectivity index is 2.02. The molecule has 0 bridgehead atoms. The molecule has 7 nitrogen and oxygen atoms in total. The van der Waals surface area contributed by atoms with E-state index in [-0.39, 0.29) is 23.0 Å². The van der Waals surface area contributed by atoms with E-state index in [1.165, 1.54) is 35.2 Å². The zero-order valence-electron chi connectivity index (χ0n) is 21.5. The lowest BCUT2D eigenvalue weighted by molar-refractivity contribution is -0.139. The van der Waals surface area contributed by atoms with Gasteiger partial charge in [-0.05, 0) is 68.3 Å². The lowest BCUT2D eigenvalue weighted by Crippen LogP contribution is -2.51. The van der Waals surface area contributed by atoms with Crippen molar-refractivity contribution in [2.45, 2.75) is 44.7 Å². The summed E-state index contributed by atoms with van der Waals surface area (Å²) in [7, 11) is -4.19. The Labute approximate surface area is 234 Å². The Bertz CT molecular complexity index is 1380. The largest absolute Gasteiger partial charge is 0.354 e. The van der Waals surface area contributed by atoms with Crippen LogP contribution < -0.4 is 9.62 Å². The quantitative estimate of drug-likeness (QED) is 0.330. The number of hydrogen-bond donors (Lipinski definition) is 1. The minimum absolute atomic E-state index is 0.0337. The predicted molar refractivity (Wildman–Crippen MR) is 152 cm³/mol. The zero-order chi connectivity index (χ0) is 27.9. The summed E-state index contributed by atoms with van der Waals surface area (Å²) in [6, 6.07) is 18.7. The third-order valence-corrected chi connectivity index (χ3v) is 8.20. The molecule has 38 heavy (non-hydrogen) atoms. The number of halogens is 2. The van der Waals surface area contributed by atoms with Gasteiger partial charge in [0.1, 0.15) is 12.6 Å². The Morgan fingerprint density at radius 3 is 2.26 bits per heavy atom. The number of carbonyl (C=O) groups excluding carboxylic acids is 2. The first kappa shape index (κ1) is 29.5. The van der Waals surface area contributed by atoms with Crippen LogP contribution in [-0.2, 0) is 26.2 Å². The molecule has 1 atom stereocenters. The van der Waals surface area contributed by atoms with Gasteiger partial charge in [-0.1, -0.05) is 66.0 Å². The summed E-state index contributed by atoms with van der Waals surface area (Å²) in [5.74, 6) is -0.856. The molecule has 3 aromatic rings. The van der Waals surface area contributed by atoms with E-state index in [0.29, 0.717) is 16.6 Å². The van der Waals surface area contributed by atoms with Crippen LogP contribution in [-0.4, -0.2) is 44.3 Å². The Hall–Kier alpha value is -3.07. The molecule has 0 aliphatic carbocycles. The van der Waals surface area contributed by atoms with E-state index in [1.807, 2.05) is 38.1 Å². The molecule has 3 aromatic carbocycles. The molecule has 2 amide bonds. The van der Waals surface area contributed by atoms with Crippen molar-refractivity contribution in [2.75, 3.05) is 17.4 Å². The van der Waals surface area contributed by atoms with E-state index < -0.39 is 28.5 Å². The van der Waals surface area contributed by atoms with Crippen molar-refractivity contribution >= 4 is 50.7 Å². The van der Waals surface area contributed by atoms with Gasteiger partial charge in [-0.25, -0.2) is 8.42 Å². The van der Waals surface area contributed by atoms with Gasteiger partial charge in [0.05, 0.1) is 10.6 Å². The van der Waals surface area contributed by atoms with Crippen LogP contribution in [0, 0.1) is 6.92 Å². The highest BCUT2D eigenvalue weighted by Gasteiger charge is 2.32. The summed E-state index contributed by atoms with van der Waals surface area (Å²) >= 11 is 12.1. The standard InChI is InChI=1S/C28H31Cl2N3O4S/c1-4-15-31-28(35)21(3)32(18-22-8-5-7-20(2)16-22)27(34)19-33(25-10-6-9-24(30)17-25)38(36,37)26-13-11-23(29)12-14-26/h5-14,16-17,21H,4,15,18-19H2,1-3H3,(H,31,35). The number of rotatable bonds is 11. The van der Waals surface area contributed by atoms with Crippen molar-refractivity contribution in [3.05, 3.63) is 94.0 Å². The van der Waals surface area contributed by atoms with Gasteiger partial charge < -0.3 is 10.2 Å². The van der Waals surface area contributed by atoms with Crippen LogP contribution in [0.25, 0.3) is 0 Å². The van der Waals surface area contributed by atoms with Crippen LogP contribution in [0.1, 0.15) is 31.4 Å². The zero-order valence-corrected chi connectivity index (χ0v) is 23.9. The van der Waals surface area contributed by atoms with Crippen molar-refractivity contribution in [3.63, 3.8) is 0 Å². The van der Waals surface area contributed by atoms with Gasteiger partial charge in [0.2, 0.25) is 11.8 Å². The van der Waals surface area contributed by atoms with E-state index in [1.54, 1.807) is 25.1 Å². The fraction of sp³-hybridized carbons (Fsp3) is 0.286. The van der Waals surface area contributed by atoms with Crippen LogP contribution in [0.15, 0.2) is 77.7 Å². The molecule has 0 aliphatic heterocycles. The van der Waals surface area contributed by atoms with Gasteiger partial charge in [0.25, 0.3) is 10.0 Å². The van der Waals surface area contributed by atoms with Crippen molar-refractivity contribution < 1.29 is 18.0 Å². The van der Waals surface area contributed by atoms with Crippen LogP contribution in [0.2, 0.25) is 10.0 Å². The lowest BCUT2D eigenvalue weighted by Gasteiger charge is -2.32. The normalized spacial score (nSPS) is 12.0. The smallest absolute Gasteiger partial charge is 0.264 e. The van der Waals surface area contributed by atoms with Crippen LogP contribution in [0.4, 0.5) is 5.69 Å². The van der Waals surface area contributed by atoms with Crippen molar-refractivity contribution in [1.82, 2.24) is 10.2 Å². The summed E-state index contributed by atoms with van der Waals surface area (Å²) in [6.45, 7) is 5.57. The highest BCUT2D eigenvalue weighted by molar-refractivity contribution is 7.92. The third kappa shape index (κ3) is 7.49. The Morgan fingerprint density at radius 1 is 0.947 bits per heavy atom. The van der Waals surface area contributed by atoms with Gasteiger partial charge in [-0.2, -0.15) is 0 Å². The number of anilines is 1. The Morgan fingerprint density at radius 2 is 1.63 bits per heavy atom.